The molecule has 0 spiro atoms. The first-order valence-corrected chi connectivity index (χ1v) is 6.93. The van der Waals surface area contributed by atoms with Crippen molar-refractivity contribution in [2.75, 3.05) is 19.0 Å². The lowest BCUT2D eigenvalue weighted by Gasteiger charge is -2.14. The summed E-state index contributed by atoms with van der Waals surface area (Å²) in [4.78, 5) is 6.75. The number of thiazole rings is 1. The lowest BCUT2D eigenvalue weighted by atomic mass is 10.3. The van der Waals surface area contributed by atoms with Gasteiger partial charge in [-0.25, -0.2) is 4.98 Å². The van der Waals surface area contributed by atoms with Gasteiger partial charge in [-0.05, 0) is 29.4 Å². The highest BCUT2D eigenvalue weighted by Crippen LogP contribution is 2.21. The molecule has 2 heterocycles. The second kappa shape index (κ2) is 5.43. The fraction of sp³-hybridized carbons (Fsp3) is 0.364. The van der Waals surface area contributed by atoms with E-state index in [1.165, 1.54) is 5.56 Å². The van der Waals surface area contributed by atoms with Crippen LogP contribution in [0.1, 0.15) is 11.3 Å². The molecule has 0 aliphatic rings. The molecule has 0 aliphatic heterocycles. The smallest absolute Gasteiger partial charge is 0.185 e. The highest BCUT2D eigenvalue weighted by Gasteiger charge is 2.07. The Labute approximate surface area is 104 Å². The molecule has 0 amide bonds. The summed E-state index contributed by atoms with van der Waals surface area (Å²) in [6.45, 7) is 1.76. The van der Waals surface area contributed by atoms with Crippen LogP contribution in [0.4, 0.5) is 5.13 Å². The van der Waals surface area contributed by atoms with Gasteiger partial charge in [0.1, 0.15) is 0 Å². The van der Waals surface area contributed by atoms with Gasteiger partial charge in [0.25, 0.3) is 0 Å². The maximum atomic E-state index is 4.57. The normalized spacial score (nSPS) is 10.6. The van der Waals surface area contributed by atoms with Gasteiger partial charge in [0.2, 0.25) is 0 Å². The molecule has 2 aromatic heterocycles. The molecule has 86 valence electrons. The second-order valence-corrected chi connectivity index (χ2v) is 5.26. The Kier molecular flexibility index (Phi) is 3.93. The maximum absolute atomic E-state index is 4.57. The van der Waals surface area contributed by atoms with Gasteiger partial charge in [0.15, 0.2) is 5.13 Å². The van der Waals surface area contributed by atoms with Gasteiger partial charge >= 0.3 is 0 Å². The third-order valence-electron chi connectivity index (χ3n) is 2.22. The van der Waals surface area contributed by atoms with Crippen LogP contribution in [-0.4, -0.2) is 19.1 Å². The lowest BCUT2D eigenvalue weighted by Crippen LogP contribution is -2.16. The van der Waals surface area contributed by atoms with Crippen molar-refractivity contribution in [3.05, 3.63) is 33.5 Å². The van der Waals surface area contributed by atoms with Gasteiger partial charge in [-0.3, -0.25) is 0 Å². The molecular weight excluding hydrogens is 238 g/mol. The van der Waals surface area contributed by atoms with Crippen molar-refractivity contribution >= 4 is 27.8 Å². The summed E-state index contributed by atoms with van der Waals surface area (Å²) in [6.07, 6.45) is 0. The van der Waals surface area contributed by atoms with Crippen LogP contribution in [0.3, 0.4) is 0 Å². The minimum Gasteiger partial charge on any atom is -0.347 e. The van der Waals surface area contributed by atoms with E-state index in [2.05, 4.69) is 44.5 Å². The van der Waals surface area contributed by atoms with Crippen molar-refractivity contribution in [1.82, 2.24) is 10.3 Å². The zero-order chi connectivity index (χ0) is 11.4. The van der Waals surface area contributed by atoms with Crippen LogP contribution in [0.15, 0.2) is 22.2 Å². The highest BCUT2D eigenvalue weighted by molar-refractivity contribution is 7.13. The number of thiophene rings is 1. The van der Waals surface area contributed by atoms with Gasteiger partial charge in [-0.1, -0.05) is 0 Å². The molecule has 0 aromatic carbocycles. The highest BCUT2D eigenvalue weighted by atomic mass is 32.1. The summed E-state index contributed by atoms with van der Waals surface area (Å²) in [6, 6.07) is 2.16. The zero-order valence-corrected chi connectivity index (χ0v) is 11.1. The monoisotopic (exact) mass is 253 g/mol. The first kappa shape index (κ1) is 11.6. The molecule has 16 heavy (non-hydrogen) atoms. The first-order chi connectivity index (χ1) is 7.79. The van der Waals surface area contributed by atoms with E-state index in [4.69, 9.17) is 0 Å². The van der Waals surface area contributed by atoms with Crippen LogP contribution in [-0.2, 0) is 13.1 Å². The number of hydrogen-bond acceptors (Lipinski definition) is 5. The summed E-state index contributed by atoms with van der Waals surface area (Å²) < 4.78 is 0. The van der Waals surface area contributed by atoms with E-state index < -0.39 is 0 Å². The van der Waals surface area contributed by atoms with Crippen molar-refractivity contribution < 1.29 is 0 Å². The summed E-state index contributed by atoms with van der Waals surface area (Å²) in [7, 11) is 4.02. The Morgan fingerprint density at radius 3 is 3.00 bits per heavy atom. The van der Waals surface area contributed by atoms with Crippen molar-refractivity contribution in [2.24, 2.45) is 0 Å². The first-order valence-electron chi connectivity index (χ1n) is 5.11. The van der Waals surface area contributed by atoms with Crippen molar-refractivity contribution in [3.8, 4) is 0 Å². The quantitative estimate of drug-likeness (QED) is 0.887. The Morgan fingerprint density at radius 2 is 2.31 bits per heavy atom. The largest absolute Gasteiger partial charge is 0.347 e. The number of aromatic nitrogens is 1. The van der Waals surface area contributed by atoms with E-state index in [0.29, 0.717) is 0 Å². The number of hydrogen-bond donors (Lipinski definition) is 1. The van der Waals surface area contributed by atoms with Crippen molar-refractivity contribution in [1.29, 1.82) is 0 Å². The van der Waals surface area contributed by atoms with E-state index in [9.17, 15) is 0 Å². The van der Waals surface area contributed by atoms with E-state index in [1.807, 2.05) is 7.05 Å². The third kappa shape index (κ3) is 2.81. The number of anilines is 1. The van der Waals surface area contributed by atoms with Crippen LogP contribution < -0.4 is 10.2 Å². The molecular formula is C11H15N3S2. The SMILES string of the molecule is CNCc1csc(N(C)Cc2ccsc2)n1. The summed E-state index contributed by atoms with van der Waals surface area (Å²) in [5.41, 5.74) is 2.46. The van der Waals surface area contributed by atoms with Crippen LogP contribution in [0, 0.1) is 0 Å². The lowest BCUT2D eigenvalue weighted by molar-refractivity contribution is 0.793. The van der Waals surface area contributed by atoms with Gasteiger partial charge < -0.3 is 10.2 Å². The van der Waals surface area contributed by atoms with Crippen LogP contribution in [0.5, 0.6) is 0 Å². The third-order valence-corrected chi connectivity index (χ3v) is 3.96. The average Bonchev–Trinajstić information content (AvgIpc) is 2.89. The molecule has 0 bridgehead atoms. The summed E-state index contributed by atoms with van der Waals surface area (Å²) in [5.74, 6) is 0. The molecule has 0 fully saturated rings. The van der Waals surface area contributed by atoms with Gasteiger partial charge in [0.05, 0.1) is 5.69 Å². The Hall–Kier alpha value is -0.910. The average molecular weight is 253 g/mol. The van der Waals surface area contributed by atoms with Crippen LogP contribution in [0.2, 0.25) is 0 Å². The number of nitrogens with zero attached hydrogens (tertiary/aromatic N) is 2. The Balaban J connectivity index is 2.00. The minimum absolute atomic E-state index is 0.836. The van der Waals surface area contributed by atoms with E-state index in [-0.39, 0.29) is 0 Å². The molecule has 0 unspecified atom stereocenters. The van der Waals surface area contributed by atoms with Crippen LogP contribution in [0.25, 0.3) is 0 Å². The minimum atomic E-state index is 0.836. The molecule has 2 aromatic rings. The fourth-order valence-corrected chi connectivity index (χ4v) is 2.91. The predicted molar refractivity (Wildman–Crippen MR) is 71.3 cm³/mol. The Morgan fingerprint density at radius 1 is 1.44 bits per heavy atom. The number of nitrogens with one attached hydrogen (secondary N) is 1. The number of rotatable bonds is 5. The molecule has 2 rings (SSSR count). The molecule has 3 nitrogen and oxygen atoms in total. The standard InChI is InChI=1S/C11H15N3S2/c1-12-5-10-8-16-11(13-10)14(2)6-9-3-4-15-7-9/h3-4,7-8,12H,5-6H2,1-2H3. The van der Waals surface area contributed by atoms with Crippen LogP contribution >= 0.6 is 22.7 Å². The fourth-order valence-electron chi connectivity index (χ4n) is 1.46. The maximum Gasteiger partial charge on any atom is 0.185 e. The molecule has 0 radical (unpaired) electrons. The molecule has 0 atom stereocenters. The zero-order valence-electron chi connectivity index (χ0n) is 9.43. The second-order valence-electron chi connectivity index (χ2n) is 3.64. The van der Waals surface area contributed by atoms with E-state index in [0.717, 1.165) is 23.9 Å². The molecule has 0 saturated carbocycles. The van der Waals surface area contributed by atoms with Crippen molar-refractivity contribution in [3.63, 3.8) is 0 Å². The molecule has 5 heteroatoms. The summed E-state index contributed by atoms with van der Waals surface area (Å²) >= 11 is 3.43. The summed E-state index contributed by atoms with van der Waals surface area (Å²) in [5, 5.41) is 10.6. The molecule has 0 aliphatic carbocycles. The topological polar surface area (TPSA) is 28.2 Å². The van der Waals surface area contributed by atoms with E-state index in [1.54, 1.807) is 22.7 Å². The molecule has 0 saturated heterocycles. The van der Waals surface area contributed by atoms with Crippen molar-refractivity contribution in [2.45, 2.75) is 13.1 Å². The van der Waals surface area contributed by atoms with Gasteiger partial charge in [-0.2, -0.15) is 11.3 Å². The van der Waals surface area contributed by atoms with Gasteiger partial charge in [0, 0.05) is 25.5 Å². The van der Waals surface area contributed by atoms with E-state index >= 15 is 0 Å². The predicted octanol–water partition coefficient (Wildman–Crippen LogP) is 2.56. The molecule has 1 N–H and O–H groups in total. The van der Waals surface area contributed by atoms with Gasteiger partial charge in [-0.15, -0.1) is 11.3 Å². The Bertz CT molecular complexity index is 422.